The van der Waals surface area contributed by atoms with Crippen LogP contribution in [0.5, 0.6) is 0 Å². The van der Waals surface area contributed by atoms with Crippen molar-refractivity contribution in [3.8, 4) is 0 Å². The van der Waals surface area contributed by atoms with Gasteiger partial charge in [-0.15, -0.1) is 0 Å². The third kappa shape index (κ3) is 3.95. The van der Waals surface area contributed by atoms with Crippen LogP contribution in [0.1, 0.15) is 43.5 Å². The van der Waals surface area contributed by atoms with Gasteiger partial charge in [0.05, 0.1) is 7.39 Å². The van der Waals surface area contributed by atoms with Crippen molar-refractivity contribution >= 4 is 17.4 Å². The summed E-state index contributed by atoms with van der Waals surface area (Å²) < 4.78 is 30.5. The van der Waals surface area contributed by atoms with E-state index in [1.54, 1.807) is 18.2 Å². The molecule has 0 heterocycles. The highest BCUT2D eigenvalue weighted by Gasteiger charge is 2.20. The highest BCUT2D eigenvalue weighted by Crippen LogP contribution is 2.13. The molecular weight excluding hydrogens is 222 g/mol. The van der Waals surface area contributed by atoms with Gasteiger partial charge in [-0.1, -0.05) is 23.7 Å². The first kappa shape index (κ1) is 8.26. The van der Waals surface area contributed by atoms with Crippen LogP contribution < -0.4 is 5.32 Å². The van der Waals surface area contributed by atoms with Gasteiger partial charge in [0.25, 0.3) is 0 Å². The monoisotopic (exact) mass is 243 g/mol. The highest BCUT2D eigenvalue weighted by molar-refractivity contribution is 6.31. The van der Waals surface area contributed by atoms with Crippen LogP contribution in [0.4, 0.5) is 0 Å². The normalized spacial score (nSPS) is 20.0. The van der Waals surface area contributed by atoms with E-state index in [4.69, 9.17) is 17.1 Å². The summed E-state index contributed by atoms with van der Waals surface area (Å²) in [6.07, 6.45) is 0. The van der Waals surface area contributed by atoms with Crippen molar-refractivity contribution in [2.75, 3.05) is 0 Å². The molecule has 1 aromatic rings. The minimum absolute atomic E-state index is 0.267. The van der Waals surface area contributed by atoms with Crippen LogP contribution in [0.25, 0.3) is 0 Å². The van der Waals surface area contributed by atoms with Crippen molar-refractivity contribution in [2.24, 2.45) is 0 Å². The minimum Gasteiger partial charge on any atom is -0.303 e. The van der Waals surface area contributed by atoms with Crippen molar-refractivity contribution in [2.45, 2.75) is 39.2 Å². The van der Waals surface area contributed by atoms with Crippen molar-refractivity contribution in [3.05, 3.63) is 34.9 Å². The van der Waals surface area contributed by atoms with E-state index in [9.17, 15) is 4.79 Å². The Bertz CT molecular complexity index is 511. The van der Waals surface area contributed by atoms with Gasteiger partial charge in [0.1, 0.15) is 0 Å². The van der Waals surface area contributed by atoms with Gasteiger partial charge in [0.15, 0.2) is 5.78 Å². The first-order valence-corrected chi connectivity index (χ1v) is 5.34. The first-order valence-electron chi connectivity index (χ1n) is 6.96. The summed E-state index contributed by atoms with van der Waals surface area (Å²) in [5.41, 5.74) is -1.10. The molecule has 1 N–H and O–H groups in total. The first-order chi connectivity index (χ1) is 8.87. The fourth-order valence-electron chi connectivity index (χ4n) is 1.37. The zero-order chi connectivity index (χ0) is 15.8. The third-order valence-electron chi connectivity index (χ3n) is 1.93. The van der Waals surface area contributed by atoms with Crippen molar-refractivity contribution in [1.82, 2.24) is 5.32 Å². The number of ketones is 1. The number of carbonyl (C=O) groups is 1. The number of Topliss-reactive ketones (excluding diaryl/α,β-unsaturated/α-hetero) is 1. The van der Waals surface area contributed by atoms with Gasteiger partial charge < -0.3 is 5.32 Å². The third-order valence-corrected chi connectivity index (χ3v) is 2.16. The number of carbonyl (C=O) groups excluding carboxylic acids is 1. The van der Waals surface area contributed by atoms with Gasteiger partial charge in [-0.25, -0.2) is 0 Å². The lowest BCUT2D eigenvalue weighted by Gasteiger charge is -2.25. The molecule has 0 aliphatic carbocycles. The SMILES string of the molecule is [2H]C(C)(NC(C)(C)C([2H])([2H])[2H])C(=O)c1cccc(Cl)c1. The van der Waals surface area contributed by atoms with Gasteiger partial charge in [0.2, 0.25) is 0 Å². The van der Waals surface area contributed by atoms with E-state index in [1.807, 2.05) is 0 Å². The van der Waals surface area contributed by atoms with Crippen LogP contribution in [-0.4, -0.2) is 17.3 Å². The number of hydrogen-bond acceptors (Lipinski definition) is 2. The number of nitrogens with one attached hydrogen (secondary N) is 1. The average Bonchev–Trinajstić information content (AvgIpc) is 2.25. The molecule has 0 aromatic heterocycles. The van der Waals surface area contributed by atoms with Crippen LogP contribution in [0.15, 0.2) is 24.3 Å². The molecule has 0 fully saturated rings. The van der Waals surface area contributed by atoms with Crippen molar-refractivity contribution in [1.29, 1.82) is 0 Å². The summed E-state index contributed by atoms with van der Waals surface area (Å²) in [5, 5.41) is 2.99. The van der Waals surface area contributed by atoms with E-state index in [-0.39, 0.29) is 5.56 Å². The molecule has 0 saturated carbocycles. The molecule has 88 valence electrons. The van der Waals surface area contributed by atoms with Crippen LogP contribution >= 0.6 is 11.6 Å². The lowest BCUT2D eigenvalue weighted by Crippen LogP contribution is -2.46. The van der Waals surface area contributed by atoms with E-state index >= 15 is 0 Å². The predicted molar refractivity (Wildman–Crippen MR) is 68.1 cm³/mol. The van der Waals surface area contributed by atoms with Gasteiger partial charge in [-0.3, -0.25) is 4.79 Å². The maximum absolute atomic E-state index is 12.3. The Hall–Kier alpha value is -0.860. The van der Waals surface area contributed by atoms with Gasteiger partial charge in [-0.2, -0.15) is 0 Å². The summed E-state index contributed by atoms with van der Waals surface area (Å²) in [6, 6.07) is 4.48. The highest BCUT2D eigenvalue weighted by atomic mass is 35.5. The summed E-state index contributed by atoms with van der Waals surface area (Å²) >= 11 is 5.82. The zero-order valence-electron chi connectivity index (χ0n) is 13.6. The molecule has 16 heavy (non-hydrogen) atoms. The maximum Gasteiger partial charge on any atom is 0.179 e. The molecule has 1 atom stereocenters. The second kappa shape index (κ2) is 4.98. The Morgan fingerprint density at radius 1 is 1.62 bits per heavy atom. The van der Waals surface area contributed by atoms with Gasteiger partial charge in [-0.05, 0) is 39.8 Å². The van der Waals surface area contributed by atoms with Crippen LogP contribution in [0, 0.1) is 0 Å². The van der Waals surface area contributed by atoms with Crippen molar-refractivity contribution in [3.63, 3.8) is 0 Å². The molecule has 0 spiro atoms. The fraction of sp³-hybridized carbons (Fsp3) is 0.462. The van der Waals surface area contributed by atoms with E-state index in [0.717, 1.165) is 0 Å². The molecule has 2 nitrogen and oxygen atoms in total. The molecule has 0 aliphatic rings. The fourth-order valence-corrected chi connectivity index (χ4v) is 1.56. The molecule has 1 aromatic carbocycles. The van der Waals surface area contributed by atoms with Crippen LogP contribution in [-0.2, 0) is 0 Å². The Morgan fingerprint density at radius 3 is 2.88 bits per heavy atom. The van der Waals surface area contributed by atoms with Crippen LogP contribution in [0.3, 0.4) is 0 Å². The molecule has 0 amide bonds. The van der Waals surface area contributed by atoms with E-state index in [0.29, 0.717) is 5.02 Å². The second-order valence-corrected chi connectivity index (χ2v) is 4.65. The standard InChI is InChI=1S/C13H18ClNO/c1-9(15-13(2,3)4)12(16)10-6-5-7-11(14)8-10/h5-9,15H,1-4H3/i2D3,9D. The average molecular weight is 244 g/mol. The van der Waals surface area contributed by atoms with Crippen molar-refractivity contribution < 1.29 is 10.3 Å². The Kier molecular flexibility index (Phi) is 2.57. The number of halogens is 1. The molecule has 3 heteroatoms. The Morgan fingerprint density at radius 2 is 2.31 bits per heavy atom. The smallest absolute Gasteiger partial charge is 0.179 e. The molecule has 0 radical (unpaired) electrons. The lowest BCUT2D eigenvalue weighted by molar-refractivity contribution is 0.0936. The van der Waals surface area contributed by atoms with Gasteiger partial charge in [0, 0.05) is 20.2 Å². The zero-order valence-corrected chi connectivity index (χ0v) is 10.4. The Labute approximate surface area is 108 Å². The molecule has 1 rings (SSSR count). The summed E-state index contributed by atoms with van der Waals surface area (Å²) in [7, 11) is 0. The van der Waals surface area contributed by atoms with Crippen LogP contribution in [0.2, 0.25) is 5.02 Å². The minimum atomic E-state index is -2.33. The predicted octanol–water partition coefficient (Wildman–Crippen LogP) is 3.30. The van der Waals surface area contributed by atoms with E-state index < -0.39 is 24.2 Å². The molecule has 0 bridgehead atoms. The number of benzene rings is 1. The maximum atomic E-state index is 12.3. The Balaban J connectivity index is 3.02. The van der Waals surface area contributed by atoms with E-state index in [1.165, 1.54) is 26.8 Å². The molecular formula is C13H18ClNO. The quantitative estimate of drug-likeness (QED) is 0.826. The van der Waals surface area contributed by atoms with E-state index in [2.05, 4.69) is 5.32 Å². The number of hydrogen-bond donors (Lipinski definition) is 1. The summed E-state index contributed by atoms with van der Waals surface area (Å²) in [4.78, 5) is 12.3. The summed E-state index contributed by atoms with van der Waals surface area (Å²) in [5.74, 6) is -0.530. The topological polar surface area (TPSA) is 29.1 Å². The summed E-state index contributed by atoms with van der Waals surface area (Å²) in [6.45, 7) is 1.89. The molecule has 0 aliphatic heterocycles. The van der Waals surface area contributed by atoms with Gasteiger partial charge >= 0.3 is 0 Å². The largest absolute Gasteiger partial charge is 0.303 e. The molecule has 1 unspecified atom stereocenters. The number of rotatable bonds is 3. The lowest BCUT2D eigenvalue weighted by atomic mass is 10.0. The molecule has 0 saturated heterocycles. The second-order valence-electron chi connectivity index (χ2n) is 4.21.